The quantitative estimate of drug-likeness (QED) is 0.797. The molecular formula is C14H16O4S2. The zero-order valence-electron chi connectivity index (χ0n) is 11.2. The van der Waals surface area contributed by atoms with Gasteiger partial charge in [0.2, 0.25) is 6.79 Å². The van der Waals surface area contributed by atoms with E-state index in [1.54, 1.807) is 0 Å². The lowest BCUT2D eigenvalue weighted by Crippen LogP contribution is -2.16. The second kappa shape index (κ2) is 6.18. The minimum atomic E-state index is -0.166. The highest BCUT2D eigenvalue weighted by Gasteiger charge is 2.31. The number of hydrogen-bond donors (Lipinski definition) is 0. The van der Waals surface area contributed by atoms with Crippen molar-refractivity contribution >= 4 is 29.5 Å². The van der Waals surface area contributed by atoms with Crippen molar-refractivity contribution < 1.29 is 19.0 Å². The average molecular weight is 312 g/mol. The van der Waals surface area contributed by atoms with Crippen LogP contribution in [0.2, 0.25) is 0 Å². The maximum Gasteiger partial charge on any atom is 0.306 e. The van der Waals surface area contributed by atoms with Crippen molar-refractivity contribution in [2.24, 2.45) is 0 Å². The Labute approximate surface area is 126 Å². The van der Waals surface area contributed by atoms with Crippen LogP contribution < -0.4 is 9.47 Å². The molecule has 0 saturated carbocycles. The number of methoxy groups -OCH3 is 1. The lowest BCUT2D eigenvalue weighted by atomic mass is 9.97. The third kappa shape index (κ3) is 2.86. The molecule has 1 aromatic rings. The highest BCUT2D eigenvalue weighted by atomic mass is 32.2. The normalized spacial score (nSPS) is 19.1. The van der Waals surface area contributed by atoms with Gasteiger partial charge in [0.05, 0.1) is 18.1 Å². The zero-order chi connectivity index (χ0) is 13.9. The third-order valence-electron chi connectivity index (χ3n) is 3.42. The molecule has 20 heavy (non-hydrogen) atoms. The fraction of sp³-hybridized carbons (Fsp3) is 0.500. The summed E-state index contributed by atoms with van der Waals surface area (Å²) < 4.78 is 16.0. The van der Waals surface area contributed by atoms with E-state index >= 15 is 0 Å². The second-order valence-electron chi connectivity index (χ2n) is 4.61. The van der Waals surface area contributed by atoms with E-state index in [0.717, 1.165) is 28.6 Å². The summed E-state index contributed by atoms with van der Waals surface area (Å²) >= 11 is 3.83. The number of benzene rings is 1. The van der Waals surface area contributed by atoms with E-state index in [-0.39, 0.29) is 18.7 Å². The van der Waals surface area contributed by atoms with Crippen molar-refractivity contribution in [3.63, 3.8) is 0 Å². The number of esters is 1. The predicted molar refractivity (Wildman–Crippen MR) is 80.6 cm³/mol. The SMILES string of the molecule is COC(=O)C[C@@H](c1ccc2c(c1)OCO2)C1SCCS1. The van der Waals surface area contributed by atoms with Gasteiger partial charge in [0.25, 0.3) is 0 Å². The van der Waals surface area contributed by atoms with E-state index in [2.05, 4.69) is 0 Å². The predicted octanol–water partition coefficient (Wildman–Crippen LogP) is 2.87. The van der Waals surface area contributed by atoms with Crippen molar-refractivity contribution in [2.75, 3.05) is 25.4 Å². The Balaban J connectivity index is 1.85. The Hall–Kier alpha value is -1.01. The van der Waals surface area contributed by atoms with Crippen LogP contribution in [0.4, 0.5) is 0 Å². The van der Waals surface area contributed by atoms with Crippen LogP contribution in [0.1, 0.15) is 17.9 Å². The molecule has 0 N–H and O–H groups in total. The van der Waals surface area contributed by atoms with Crippen LogP contribution in [0.5, 0.6) is 11.5 Å². The average Bonchev–Trinajstić information content (AvgIpc) is 3.14. The van der Waals surface area contributed by atoms with E-state index in [1.807, 2.05) is 41.7 Å². The van der Waals surface area contributed by atoms with Gasteiger partial charge >= 0.3 is 5.97 Å². The van der Waals surface area contributed by atoms with Crippen molar-refractivity contribution in [3.05, 3.63) is 23.8 Å². The topological polar surface area (TPSA) is 44.8 Å². The number of hydrogen-bond acceptors (Lipinski definition) is 6. The van der Waals surface area contributed by atoms with Crippen LogP contribution >= 0.6 is 23.5 Å². The number of thioether (sulfide) groups is 2. The first-order chi connectivity index (χ1) is 9.78. The van der Waals surface area contributed by atoms with E-state index < -0.39 is 0 Å². The lowest BCUT2D eigenvalue weighted by Gasteiger charge is -2.22. The van der Waals surface area contributed by atoms with Crippen LogP contribution in [-0.4, -0.2) is 36.0 Å². The van der Waals surface area contributed by atoms with Crippen LogP contribution in [0.3, 0.4) is 0 Å². The summed E-state index contributed by atoms with van der Waals surface area (Å²) in [5, 5.41) is 0. The highest BCUT2D eigenvalue weighted by molar-refractivity contribution is 8.20. The molecular weight excluding hydrogens is 296 g/mol. The van der Waals surface area contributed by atoms with Crippen molar-refractivity contribution in [3.8, 4) is 11.5 Å². The Morgan fingerprint density at radius 2 is 2.10 bits per heavy atom. The Morgan fingerprint density at radius 1 is 1.35 bits per heavy atom. The number of carbonyl (C=O) groups is 1. The molecule has 0 aromatic heterocycles. The molecule has 2 heterocycles. The number of fused-ring (bicyclic) bond motifs is 1. The van der Waals surface area contributed by atoms with Gasteiger partial charge in [-0.1, -0.05) is 6.07 Å². The van der Waals surface area contributed by atoms with Gasteiger partial charge in [-0.2, -0.15) is 0 Å². The van der Waals surface area contributed by atoms with Gasteiger partial charge in [-0.3, -0.25) is 4.79 Å². The van der Waals surface area contributed by atoms with Crippen molar-refractivity contribution in [2.45, 2.75) is 16.9 Å². The second-order valence-corrected chi connectivity index (χ2v) is 7.41. The molecule has 0 unspecified atom stereocenters. The van der Waals surface area contributed by atoms with Crippen LogP contribution in [0, 0.1) is 0 Å². The van der Waals surface area contributed by atoms with E-state index in [9.17, 15) is 4.79 Å². The Morgan fingerprint density at radius 3 is 2.85 bits per heavy atom. The molecule has 0 amide bonds. The number of carbonyl (C=O) groups excluding carboxylic acids is 1. The van der Waals surface area contributed by atoms with Crippen LogP contribution in [-0.2, 0) is 9.53 Å². The maximum atomic E-state index is 11.7. The first-order valence-electron chi connectivity index (χ1n) is 6.47. The summed E-state index contributed by atoms with van der Waals surface area (Å²) in [6.45, 7) is 0.271. The standard InChI is InChI=1S/C14H16O4S2/c1-16-13(15)7-10(14-19-4-5-20-14)9-2-3-11-12(6-9)18-8-17-11/h2-3,6,10,14H,4-5,7-8H2,1H3/t10-/m0/s1. The molecule has 108 valence electrons. The fourth-order valence-corrected chi connectivity index (χ4v) is 5.55. The van der Waals surface area contributed by atoms with Gasteiger partial charge in [0, 0.05) is 17.4 Å². The monoisotopic (exact) mass is 312 g/mol. The third-order valence-corrected chi connectivity index (χ3v) is 6.68. The highest BCUT2D eigenvalue weighted by Crippen LogP contribution is 2.45. The summed E-state index contributed by atoms with van der Waals surface area (Å²) in [5.41, 5.74) is 1.12. The van der Waals surface area contributed by atoms with Gasteiger partial charge in [-0.05, 0) is 17.7 Å². The van der Waals surface area contributed by atoms with Gasteiger partial charge in [0.15, 0.2) is 11.5 Å². The molecule has 0 bridgehead atoms. The maximum absolute atomic E-state index is 11.7. The van der Waals surface area contributed by atoms with Gasteiger partial charge < -0.3 is 14.2 Å². The van der Waals surface area contributed by atoms with E-state index in [1.165, 1.54) is 7.11 Å². The molecule has 2 aliphatic rings. The molecule has 1 saturated heterocycles. The summed E-state index contributed by atoms with van der Waals surface area (Å²) in [5.74, 6) is 3.80. The Bertz CT molecular complexity index is 500. The summed E-state index contributed by atoms with van der Waals surface area (Å²) in [6, 6.07) is 5.95. The van der Waals surface area contributed by atoms with Crippen molar-refractivity contribution in [1.29, 1.82) is 0 Å². The molecule has 0 spiro atoms. The first-order valence-corrected chi connectivity index (χ1v) is 8.57. The van der Waals surface area contributed by atoms with Gasteiger partial charge in [-0.15, -0.1) is 23.5 Å². The minimum absolute atomic E-state index is 0.148. The molecule has 1 atom stereocenters. The molecule has 4 nitrogen and oxygen atoms in total. The van der Waals surface area contributed by atoms with Gasteiger partial charge in [0.1, 0.15) is 0 Å². The number of rotatable bonds is 4. The Kier molecular flexibility index (Phi) is 4.31. The molecule has 1 aromatic carbocycles. The molecule has 6 heteroatoms. The fourth-order valence-electron chi connectivity index (χ4n) is 2.39. The van der Waals surface area contributed by atoms with Gasteiger partial charge in [-0.25, -0.2) is 0 Å². The summed E-state index contributed by atoms with van der Waals surface area (Å²) in [7, 11) is 1.44. The molecule has 0 radical (unpaired) electrons. The largest absolute Gasteiger partial charge is 0.469 e. The summed E-state index contributed by atoms with van der Waals surface area (Å²) in [6.07, 6.45) is 0.404. The lowest BCUT2D eigenvalue weighted by molar-refractivity contribution is -0.141. The smallest absolute Gasteiger partial charge is 0.306 e. The summed E-state index contributed by atoms with van der Waals surface area (Å²) in [4.78, 5) is 11.7. The van der Waals surface area contributed by atoms with Crippen LogP contribution in [0.25, 0.3) is 0 Å². The molecule has 0 aliphatic carbocycles. The zero-order valence-corrected chi connectivity index (χ0v) is 12.8. The minimum Gasteiger partial charge on any atom is -0.469 e. The van der Waals surface area contributed by atoms with Crippen molar-refractivity contribution in [1.82, 2.24) is 0 Å². The molecule has 3 rings (SSSR count). The first kappa shape index (κ1) is 13.9. The van der Waals surface area contributed by atoms with E-state index in [0.29, 0.717) is 11.0 Å². The number of ether oxygens (including phenoxy) is 3. The van der Waals surface area contributed by atoms with E-state index in [4.69, 9.17) is 14.2 Å². The molecule has 1 fully saturated rings. The van der Waals surface area contributed by atoms with Crippen LogP contribution in [0.15, 0.2) is 18.2 Å². The molecule has 2 aliphatic heterocycles.